The summed E-state index contributed by atoms with van der Waals surface area (Å²) in [7, 11) is -3.72. The largest absolute Gasteiger partial charge is 0.465 e. The quantitative estimate of drug-likeness (QED) is 0.587. The number of carbonyl (C=O) groups is 1. The molecule has 8 nitrogen and oxygen atoms in total. The zero-order chi connectivity index (χ0) is 20.7. The lowest BCUT2D eigenvalue weighted by atomic mass is 9.67. The molecule has 0 radical (unpaired) electrons. The topological polar surface area (TPSA) is 108 Å². The van der Waals surface area contributed by atoms with Crippen molar-refractivity contribution in [3.63, 3.8) is 0 Å². The SMILES string of the molecule is Cc1ccc(S(=O)(=O)N/N=C/C2COC3(C2)CN(C(=O)O)C3C(C)(C)C)cc1. The number of aryl methyl sites for hydroxylation is 1. The van der Waals surface area contributed by atoms with Crippen LogP contribution in [0.2, 0.25) is 0 Å². The van der Waals surface area contributed by atoms with E-state index >= 15 is 0 Å². The lowest BCUT2D eigenvalue weighted by Gasteiger charge is -2.58. The number of ether oxygens (including phenoxy) is 1. The first kappa shape index (κ1) is 20.6. The van der Waals surface area contributed by atoms with Crippen LogP contribution in [0.4, 0.5) is 4.79 Å². The fraction of sp³-hybridized carbons (Fsp3) is 0.579. The molecule has 1 amide bonds. The zero-order valence-corrected chi connectivity index (χ0v) is 17.4. The van der Waals surface area contributed by atoms with Crippen molar-refractivity contribution in [2.75, 3.05) is 13.2 Å². The van der Waals surface area contributed by atoms with E-state index in [9.17, 15) is 18.3 Å². The Labute approximate surface area is 165 Å². The molecule has 0 aromatic heterocycles. The van der Waals surface area contributed by atoms with Gasteiger partial charge >= 0.3 is 6.09 Å². The minimum absolute atomic E-state index is 0.0819. The zero-order valence-electron chi connectivity index (χ0n) is 16.5. The Morgan fingerprint density at radius 2 is 2.00 bits per heavy atom. The Hall–Kier alpha value is -2.13. The predicted octanol–water partition coefficient (Wildman–Crippen LogP) is 2.44. The summed E-state index contributed by atoms with van der Waals surface area (Å²) in [6.45, 7) is 8.58. The molecule has 1 aromatic carbocycles. The van der Waals surface area contributed by atoms with E-state index < -0.39 is 21.7 Å². The van der Waals surface area contributed by atoms with Crippen LogP contribution in [0.15, 0.2) is 34.3 Å². The van der Waals surface area contributed by atoms with E-state index in [4.69, 9.17) is 4.74 Å². The molecule has 1 aromatic rings. The summed E-state index contributed by atoms with van der Waals surface area (Å²) in [5.41, 5.74) is 0.166. The van der Waals surface area contributed by atoms with Gasteiger partial charge in [0.05, 0.1) is 24.1 Å². The molecule has 1 spiro atoms. The van der Waals surface area contributed by atoms with Gasteiger partial charge in [-0.05, 0) is 30.9 Å². The molecule has 3 atom stereocenters. The number of carboxylic acid groups (broad SMARTS) is 1. The van der Waals surface area contributed by atoms with Crippen molar-refractivity contribution in [2.24, 2.45) is 16.4 Å². The van der Waals surface area contributed by atoms with Crippen LogP contribution in [0, 0.1) is 18.3 Å². The van der Waals surface area contributed by atoms with Crippen LogP contribution in [0.25, 0.3) is 0 Å². The maximum absolute atomic E-state index is 12.3. The molecule has 0 aliphatic carbocycles. The molecule has 28 heavy (non-hydrogen) atoms. The molecule has 3 rings (SSSR count). The minimum atomic E-state index is -3.72. The molecule has 2 saturated heterocycles. The van der Waals surface area contributed by atoms with Crippen molar-refractivity contribution >= 4 is 22.3 Å². The summed E-state index contributed by atoms with van der Waals surface area (Å²) in [5.74, 6) is -0.0819. The van der Waals surface area contributed by atoms with E-state index in [1.807, 2.05) is 27.7 Å². The van der Waals surface area contributed by atoms with Gasteiger partial charge in [0, 0.05) is 12.1 Å². The first-order valence-corrected chi connectivity index (χ1v) is 10.7. The molecular weight excluding hydrogens is 382 g/mol. The van der Waals surface area contributed by atoms with Crippen molar-refractivity contribution in [3.05, 3.63) is 29.8 Å². The summed E-state index contributed by atoms with van der Waals surface area (Å²) in [6, 6.07) is 6.27. The number of hydrogen-bond donors (Lipinski definition) is 2. The molecule has 2 N–H and O–H groups in total. The van der Waals surface area contributed by atoms with Gasteiger partial charge in [0.1, 0.15) is 5.60 Å². The van der Waals surface area contributed by atoms with Crippen LogP contribution >= 0.6 is 0 Å². The number of likely N-dealkylation sites (tertiary alicyclic amines) is 1. The summed E-state index contributed by atoms with van der Waals surface area (Å²) in [5, 5.41) is 13.3. The van der Waals surface area contributed by atoms with E-state index in [-0.39, 0.29) is 22.3 Å². The number of hydrogen-bond acceptors (Lipinski definition) is 5. The van der Waals surface area contributed by atoms with Crippen LogP contribution in [-0.2, 0) is 14.8 Å². The Bertz CT molecular complexity index is 876. The van der Waals surface area contributed by atoms with Gasteiger partial charge in [-0.1, -0.05) is 38.5 Å². The average molecular weight is 410 g/mol. The molecule has 2 heterocycles. The van der Waals surface area contributed by atoms with Crippen LogP contribution in [0.5, 0.6) is 0 Å². The van der Waals surface area contributed by atoms with Gasteiger partial charge in [-0.25, -0.2) is 9.63 Å². The Morgan fingerprint density at radius 3 is 2.57 bits per heavy atom. The highest BCUT2D eigenvalue weighted by Crippen LogP contribution is 2.49. The fourth-order valence-corrected chi connectivity index (χ4v) is 5.08. The van der Waals surface area contributed by atoms with E-state index in [0.717, 1.165) is 5.56 Å². The third kappa shape index (κ3) is 3.86. The number of nitrogens with zero attached hydrogens (tertiary/aromatic N) is 2. The average Bonchev–Trinajstić information content (AvgIpc) is 2.97. The maximum Gasteiger partial charge on any atom is 0.407 e. The van der Waals surface area contributed by atoms with Gasteiger partial charge in [-0.2, -0.15) is 13.5 Å². The molecule has 2 aliphatic heterocycles. The normalized spacial score (nSPS) is 27.9. The van der Waals surface area contributed by atoms with E-state index in [2.05, 4.69) is 9.93 Å². The highest BCUT2D eigenvalue weighted by atomic mass is 32.2. The number of nitrogens with one attached hydrogen (secondary N) is 1. The second-order valence-electron chi connectivity index (χ2n) is 8.70. The van der Waals surface area contributed by atoms with Gasteiger partial charge in [-0.3, -0.25) is 4.90 Å². The highest BCUT2D eigenvalue weighted by Gasteiger charge is 2.62. The second kappa shape index (κ2) is 7.04. The summed E-state index contributed by atoms with van der Waals surface area (Å²) in [4.78, 5) is 15.3. The summed E-state index contributed by atoms with van der Waals surface area (Å²) in [6.07, 6.45) is 1.20. The van der Waals surface area contributed by atoms with Crippen LogP contribution in [0.3, 0.4) is 0 Å². The fourth-order valence-electron chi connectivity index (χ4n) is 4.28. The molecule has 0 bridgehead atoms. The van der Waals surface area contributed by atoms with Gasteiger partial charge in [0.2, 0.25) is 0 Å². The Balaban J connectivity index is 1.64. The van der Waals surface area contributed by atoms with E-state index in [0.29, 0.717) is 19.6 Å². The first-order valence-electron chi connectivity index (χ1n) is 9.20. The first-order chi connectivity index (χ1) is 12.9. The number of rotatable bonds is 4. The van der Waals surface area contributed by atoms with Gasteiger partial charge in [-0.15, -0.1) is 0 Å². The Morgan fingerprint density at radius 1 is 1.36 bits per heavy atom. The van der Waals surface area contributed by atoms with Crippen molar-refractivity contribution in [3.8, 4) is 0 Å². The molecular formula is C19H27N3O5S. The third-order valence-electron chi connectivity index (χ3n) is 5.30. The second-order valence-corrected chi connectivity index (χ2v) is 10.4. The summed E-state index contributed by atoms with van der Waals surface area (Å²) < 4.78 is 30.6. The molecule has 0 saturated carbocycles. The monoisotopic (exact) mass is 409 g/mol. The van der Waals surface area contributed by atoms with Crippen molar-refractivity contribution in [1.29, 1.82) is 0 Å². The van der Waals surface area contributed by atoms with Crippen molar-refractivity contribution in [1.82, 2.24) is 9.73 Å². The van der Waals surface area contributed by atoms with Crippen LogP contribution in [0.1, 0.15) is 32.8 Å². The lowest BCUT2D eigenvalue weighted by molar-refractivity contribution is -0.178. The van der Waals surface area contributed by atoms with Gasteiger partial charge in [0.25, 0.3) is 10.0 Å². The van der Waals surface area contributed by atoms with Crippen molar-refractivity contribution < 1.29 is 23.1 Å². The van der Waals surface area contributed by atoms with Gasteiger partial charge in [0.15, 0.2) is 0 Å². The minimum Gasteiger partial charge on any atom is -0.465 e. The smallest absolute Gasteiger partial charge is 0.407 e. The number of benzene rings is 1. The molecule has 2 aliphatic rings. The van der Waals surface area contributed by atoms with E-state index in [1.54, 1.807) is 18.3 Å². The Kier molecular flexibility index (Phi) is 5.18. The van der Waals surface area contributed by atoms with Gasteiger partial charge < -0.3 is 9.84 Å². The standard InChI is InChI=1S/C19H27N3O5S/c1-13-5-7-15(8-6-13)28(25,26)21-20-10-14-9-19(27-11-14)12-22(17(23)24)16(19)18(2,3)4/h5-8,10,14,16,21H,9,11-12H2,1-4H3,(H,23,24)/b20-10+. The number of amides is 1. The highest BCUT2D eigenvalue weighted by molar-refractivity contribution is 7.89. The number of sulfonamides is 1. The summed E-state index contributed by atoms with van der Waals surface area (Å²) >= 11 is 0. The number of hydrazone groups is 1. The third-order valence-corrected chi connectivity index (χ3v) is 6.53. The van der Waals surface area contributed by atoms with Crippen LogP contribution < -0.4 is 4.83 Å². The molecule has 2 fully saturated rings. The molecule has 154 valence electrons. The maximum atomic E-state index is 12.3. The molecule has 9 heteroatoms. The van der Waals surface area contributed by atoms with Crippen LogP contribution in [-0.4, -0.2) is 55.5 Å². The van der Waals surface area contributed by atoms with E-state index in [1.165, 1.54) is 17.0 Å². The molecule has 3 unspecified atom stereocenters. The van der Waals surface area contributed by atoms with Crippen molar-refractivity contribution in [2.45, 2.75) is 50.7 Å². The predicted molar refractivity (Wildman–Crippen MR) is 105 cm³/mol. The lowest BCUT2D eigenvalue weighted by Crippen LogP contribution is -2.74.